The van der Waals surface area contributed by atoms with Crippen LogP contribution in [0, 0.1) is 11.3 Å². The minimum absolute atomic E-state index is 0.703. The summed E-state index contributed by atoms with van der Waals surface area (Å²) in [6.07, 6.45) is 0. The zero-order valence-corrected chi connectivity index (χ0v) is 12.7. The Kier molecular flexibility index (Phi) is 3.93. The van der Waals surface area contributed by atoms with Gasteiger partial charge in [-0.25, -0.2) is 4.98 Å². The number of thiazole rings is 1. The maximum absolute atomic E-state index is 9.07. The first kappa shape index (κ1) is 13.4. The average Bonchev–Trinajstić information content (AvgIpc) is 2.87. The number of hydrogen-bond acceptors (Lipinski definition) is 4. The molecule has 1 aromatic heterocycles. The lowest BCUT2D eigenvalue weighted by molar-refractivity contribution is 1.28. The highest BCUT2D eigenvalue weighted by Crippen LogP contribution is 2.33. The fourth-order valence-corrected chi connectivity index (χ4v) is 4.06. The minimum Gasteiger partial charge on any atom is -0.230 e. The van der Waals surface area contributed by atoms with Gasteiger partial charge in [0.15, 0.2) is 4.34 Å². The summed E-state index contributed by atoms with van der Waals surface area (Å²) in [6.45, 7) is 0. The van der Waals surface area contributed by atoms with Crippen LogP contribution in [0.2, 0.25) is 5.02 Å². The number of hydrogen-bond donors (Lipinski definition) is 0. The molecule has 0 saturated carbocycles. The van der Waals surface area contributed by atoms with Crippen LogP contribution in [0.25, 0.3) is 10.2 Å². The van der Waals surface area contributed by atoms with E-state index in [2.05, 4.69) is 11.1 Å². The Morgan fingerprint density at radius 3 is 2.95 bits per heavy atom. The number of aromatic nitrogens is 1. The Labute approximate surface area is 130 Å². The molecule has 0 fully saturated rings. The van der Waals surface area contributed by atoms with E-state index in [9.17, 15) is 0 Å². The number of nitriles is 1. The standard InChI is InChI=1S/C15H9ClN2S2/c16-12-5-6-14-13(7-12)18-15(20-14)19-9-11-4-2-1-3-10(11)8-17/h1-7H,9H2. The quantitative estimate of drug-likeness (QED) is 0.630. The van der Waals surface area contributed by atoms with Gasteiger partial charge in [0.05, 0.1) is 21.8 Å². The van der Waals surface area contributed by atoms with Gasteiger partial charge in [-0.2, -0.15) is 5.26 Å². The molecule has 2 aromatic carbocycles. The molecule has 0 unspecified atom stereocenters. The fourth-order valence-electron chi connectivity index (χ4n) is 1.84. The van der Waals surface area contributed by atoms with Crippen molar-refractivity contribution >= 4 is 44.9 Å². The van der Waals surface area contributed by atoms with Gasteiger partial charge in [-0.3, -0.25) is 0 Å². The lowest BCUT2D eigenvalue weighted by Gasteiger charge is -2.00. The molecule has 0 saturated heterocycles. The fraction of sp³-hybridized carbons (Fsp3) is 0.0667. The summed E-state index contributed by atoms with van der Waals surface area (Å²) in [5.74, 6) is 0.747. The van der Waals surface area contributed by atoms with Gasteiger partial charge in [-0.05, 0) is 29.8 Å². The van der Waals surface area contributed by atoms with Crippen LogP contribution in [0.4, 0.5) is 0 Å². The van der Waals surface area contributed by atoms with Crippen LogP contribution in [0.15, 0.2) is 46.8 Å². The van der Waals surface area contributed by atoms with E-state index >= 15 is 0 Å². The van der Waals surface area contributed by atoms with Crippen LogP contribution in [-0.4, -0.2) is 4.98 Å². The van der Waals surface area contributed by atoms with Crippen LogP contribution >= 0.6 is 34.7 Å². The van der Waals surface area contributed by atoms with Gasteiger partial charge in [-0.1, -0.05) is 41.6 Å². The first-order valence-corrected chi connectivity index (χ1v) is 8.11. The Bertz CT molecular complexity index is 805. The zero-order chi connectivity index (χ0) is 13.9. The third kappa shape index (κ3) is 2.80. The molecule has 5 heteroatoms. The summed E-state index contributed by atoms with van der Waals surface area (Å²) in [4.78, 5) is 4.56. The van der Waals surface area contributed by atoms with Gasteiger partial charge in [0.25, 0.3) is 0 Å². The molecular formula is C15H9ClN2S2. The number of halogens is 1. The first-order valence-electron chi connectivity index (χ1n) is 5.93. The van der Waals surface area contributed by atoms with Crippen molar-refractivity contribution in [2.24, 2.45) is 0 Å². The van der Waals surface area contributed by atoms with E-state index < -0.39 is 0 Å². The summed E-state index contributed by atoms with van der Waals surface area (Å²) in [6, 6.07) is 15.6. The second kappa shape index (κ2) is 5.84. The van der Waals surface area contributed by atoms with Crippen molar-refractivity contribution < 1.29 is 0 Å². The Balaban J connectivity index is 1.82. The summed E-state index contributed by atoms with van der Waals surface area (Å²) in [5.41, 5.74) is 2.69. The predicted octanol–water partition coefficient (Wildman–Crippen LogP) is 5.11. The van der Waals surface area contributed by atoms with E-state index in [1.54, 1.807) is 23.1 Å². The van der Waals surface area contributed by atoms with Crippen molar-refractivity contribution in [3.05, 3.63) is 58.6 Å². The highest BCUT2D eigenvalue weighted by atomic mass is 35.5. The second-order valence-electron chi connectivity index (χ2n) is 4.15. The predicted molar refractivity (Wildman–Crippen MR) is 85.3 cm³/mol. The number of benzene rings is 2. The van der Waals surface area contributed by atoms with Crippen molar-refractivity contribution in [1.29, 1.82) is 5.26 Å². The maximum atomic E-state index is 9.07. The highest BCUT2D eigenvalue weighted by Gasteiger charge is 2.07. The van der Waals surface area contributed by atoms with Crippen molar-refractivity contribution in [3.8, 4) is 6.07 Å². The molecule has 0 spiro atoms. The Morgan fingerprint density at radius 2 is 2.10 bits per heavy atom. The molecule has 1 heterocycles. The van der Waals surface area contributed by atoms with Gasteiger partial charge in [0.1, 0.15) is 0 Å². The summed E-state index contributed by atoms with van der Waals surface area (Å²) < 4.78 is 2.13. The van der Waals surface area contributed by atoms with Crippen LogP contribution in [0.3, 0.4) is 0 Å². The molecule has 20 heavy (non-hydrogen) atoms. The third-order valence-corrected chi connectivity index (χ3v) is 5.28. The molecule has 2 nitrogen and oxygen atoms in total. The summed E-state index contributed by atoms with van der Waals surface area (Å²) in [7, 11) is 0. The normalized spacial score (nSPS) is 10.6. The topological polar surface area (TPSA) is 36.7 Å². The largest absolute Gasteiger partial charge is 0.230 e. The van der Waals surface area contributed by atoms with Crippen LogP contribution in [0.1, 0.15) is 11.1 Å². The van der Waals surface area contributed by atoms with E-state index in [-0.39, 0.29) is 0 Å². The highest BCUT2D eigenvalue weighted by molar-refractivity contribution is 8.00. The lowest BCUT2D eigenvalue weighted by Crippen LogP contribution is -1.86. The zero-order valence-electron chi connectivity index (χ0n) is 10.3. The second-order valence-corrected chi connectivity index (χ2v) is 6.84. The van der Waals surface area contributed by atoms with E-state index in [1.807, 2.05) is 42.5 Å². The van der Waals surface area contributed by atoms with Gasteiger partial charge in [0, 0.05) is 10.8 Å². The molecular weight excluding hydrogens is 308 g/mol. The minimum atomic E-state index is 0.703. The summed E-state index contributed by atoms with van der Waals surface area (Å²) in [5, 5.41) is 9.78. The molecule has 0 amide bonds. The molecule has 3 aromatic rings. The first-order chi connectivity index (χ1) is 9.76. The van der Waals surface area contributed by atoms with Gasteiger partial charge < -0.3 is 0 Å². The number of thioether (sulfide) groups is 1. The average molecular weight is 317 g/mol. The van der Waals surface area contributed by atoms with Crippen molar-refractivity contribution in [2.75, 3.05) is 0 Å². The molecule has 0 aliphatic carbocycles. The molecule has 0 bridgehead atoms. The van der Waals surface area contributed by atoms with Gasteiger partial charge in [-0.15, -0.1) is 11.3 Å². The number of nitrogens with zero attached hydrogens (tertiary/aromatic N) is 2. The Morgan fingerprint density at radius 1 is 1.25 bits per heavy atom. The van der Waals surface area contributed by atoms with E-state index in [4.69, 9.17) is 16.9 Å². The van der Waals surface area contributed by atoms with E-state index in [1.165, 1.54) is 0 Å². The Hall–Kier alpha value is -1.54. The molecule has 98 valence electrons. The smallest absolute Gasteiger partial charge is 0.151 e. The van der Waals surface area contributed by atoms with Gasteiger partial charge >= 0.3 is 0 Å². The van der Waals surface area contributed by atoms with Crippen molar-refractivity contribution in [1.82, 2.24) is 4.98 Å². The van der Waals surface area contributed by atoms with Crippen molar-refractivity contribution in [2.45, 2.75) is 10.1 Å². The molecule has 0 aliphatic heterocycles. The van der Waals surface area contributed by atoms with E-state index in [0.717, 1.165) is 31.4 Å². The molecule has 0 aliphatic rings. The van der Waals surface area contributed by atoms with Crippen LogP contribution < -0.4 is 0 Å². The molecule has 0 N–H and O–H groups in total. The number of rotatable bonds is 3. The van der Waals surface area contributed by atoms with Crippen molar-refractivity contribution in [3.63, 3.8) is 0 Å². The third-order valence-electron chi connectivity index (χ3n) is 2.82. The lowest BCUT2D eigenvalue weighted by atomic mass is 10.1. The SMILES string of the molecule is N#Cc1ccccc1CSc1nc2cc(Cl)ccc2s1. The molecule has 0 atom stereocenters. The van der Waals surface area contributed by atoms with Gasteiger partial charge in [0.2, 0.25) is 0 Å². The maximum Gasteiger partial charge on any atom is 0.151 e. The van der Waals surface area contributed by atoms with Crippen LogP contribution in [-0.2, 0) is 5.75 Å². The van der Waals surface area contributed by atoms with E-state index in [0.29, 0.717) is 5.02 Å². The van der Waals surface area contributed by atoms with Crippen LogP contribution in [0.5, 0.6) is 0 Å². The monoisotopic (exact) mass is 316 g/mol. The molecule has 0 radical (unpaired) electrons. The number of fused-ring (bicyclic) bond motifs is 1. The summed E-state index contributed by atoms with van der Waals surface area (Å²) >= 11 is 9.26. The molecule has 3 rings (SSSR count).